The van der Waals surface area contributed by atoms with Crippen LogP contribution in [0.15, 0.2) is 12.3 Å². The lowest BCUT2D eigenvalue weighted by molar-refractivity contribution is -0.160. The van der Waals surface area contributed by atoms with Gasteiger partial charge in [0.2, 0.25) is 0 Å². The first-order valence-corrected chi connectivity index (χ1v) is 11.2. The van der Waals surface area contributed by atoms with Gasteiger partial charge in [0.25, 0.3) is 5.91 Å². The molecule has 2 heterocycles. The SMILES string of the molecule is COc1ccnc(C(=O)N[C@H]2CO[C@@H](C)[C@H](OCC(C)C)[C@@H](OCC(C)C)COC2=O)c1O. The molecule has 0 radical (unpaired) electrons. The first kappa shape index (κ1) is 26.8. The van der Waals surface area contributed by atoms with Crippen molar-refractivity contribution in [1.29, 1.82) is 0 Å². The number of carbonyl (C=O) groups excluding carboxylic acids is 2. The van der Waals surface area contributed by atoms with Gasteiger partial charge >= 0.3 is 5.97 Å². The molecule has 1 fully saturated rings. The molecule has 2 N–H and O–H groups in total. The first-order valence-electron chi connectivity index (χ1n) is 11.2. The quantitative estimate of drug-likeness (QED) is 0.523. The lowest BCUT2D eigenvalue weighted by Gasteiger charge is -2.31. The Balaban J connectivity index is 2.17. The normalized spacial score (nSPS) is 24.1. The number of esters is 1. The summed E-state index contributed by atoms with van der Waals surface area (Å²) in [6.45, 7) is 10.7. The predicted molar refractivity (Wildman–Crippen MR) is 119 cm³/mol. The Bertz CT molecular complexity index is 786. The van der Waals surface area contributed by atoms with E-state index in [0.717, 1.165) is 0 Å². The van der Waals surface area contributed by atoms with Crippen molar-refractivity contribution in [3.63, 3.8) is 0 Å². The number of amides is 1. The maximum Gasteiger partial charge on any atom is 0.331 e. The van der Waals surface area contributed by atoms with Gasteiger partial charge in [0.05, 0.1) is 19.8 Å². The molecule has 1 aliphatic heterocycles. The van der Waals surface area contributed by atoms with E-state index in [1.165, 1.54) is 19.4 Å². The number of hydrogen-bond acceptors (Lipinski definition) is 9. The highest BCUT2D eigenvalue weighted by atomic mass is 16.6. The molecular weight excluding hydrogens is 432 g/mol. The summed E-state index contributed by atoms with van der Waals surface area (Å²) in [7, 11) is 1.36. The minimum Gasteiger partial charge on any atom is -0.503 e. The molecule has 1 aromatic heterocycles. The van der Waals surface area contributed by atoms with E-state index in [0.29, 0.717) is 19.1 Å². The average molecular weight is 469 g/mol. The maximum atomic E-state index is 12.7. The minimum absolute atomic E-state index is 0.0446. The smallest absolute Gasteiger partial charge is 0.331 e. The van der Waals surface area contributed by atoms with Gasteiger partial charge in [-0.25, -0.2) is 9.78 Å². The molecule has 0 saturated carbocycles. The van der Waals surface area contributed by atoms with Crippen molar-refractivity contribution in [2.45, 2.75) is 59.0 Å². The Labute approximate surface area is 194 Å². The summed E-state index contributed by atoms with van der Waals surface area (Å²) in [5, 5.41) is 12.7. The van der Waals surface area contributed by atoms with E-state index < -0.39 is 42.0 Å². The molecule has 1 saturated heterocycles. The fourth-order valence-corrected chi connectivity index (χ4v) is 3.17. The van der Waals surface area contributed by atoms with E-state index in [9.17, 15) is 14.7 Å². The third-order valence-electron chi connectivity index (χ3n) is 4.92. The molecule has 1 aliphatic rings. The number of pyridine rings is 1. The highest BCUT2D eigenvalue weighted by Gasteiger charge is 2.36. The van der Waals surface area contributed by atoms with Crippen LogP contribution in [-0.2, 0) is 23.7 Å². The van der Waals surface area contributed by atoms with Crippen molar-refractivity contribution in [3.8, 4) is 11.5 Å². The fraction of sp³-hybridized carbons (Fsp3) is 0.696. The van der Waals surface area contributed by atoms with E-state index >= 15 is 0 Å². The van der Waals surface area contributed by atoms with E-state index in [4.69, 9.17) is 23.7 Å². The third kappa shape index (κ3) is 7.83. The summed E-state index contributed by atoms with van der Waals surface area (Å²) < 4.78 is 28.5. The van der Waals surface area contributed by atoms with E-state index in [1.54, 1.807) is 0 Å². The zero-order valence-electron chi connectivity index (χ0n) is 20.2. The molecule has 33 heavy (non-hydrogen) atoms. The van der Waals surface area contributed by atoms with Gasteiger partial charge in [-0.1, -0.05) is 27.7 Å². The molecule has 0 unspecified atom stereocenters. The number of aromatic hydroxyl groups is 1. The van der Waals surface area contributed by atoms with Crippen LogP contribution in [0.1, 0.15) is 45.1 Å². The molecule has 4 atom stereocenters. The van der Waals surface area contributed by atoms with Gasteiger partial charge in [0, 0.05) is 25.5 Å². The maximum absolute atomic E-state index is 12.7. The fourth-order valence-electron chi connectivity index (χ4n) is 3.17. The topological polar surface area (TPSA) is 125 Å². The molecule has 1 amide bonds. The van der Waals surface area contributed by atoms with Gasteiger partial charge in [-0.2, -0.15) is 0 Å². The Kier molecular flexibility index (Phi) is 10.3. The number of nitrogens with one attached hydrogen (secondary N) is 1. The van der Waals surface area contributed by atoms with Crippen LogP contribution in [0.5, 0.6) is 11.5 Å². The van der Waals surface area contributed by atoms with E-state index in [1.807, 2.05) is 34.6 Å². The summed E-state index contributed by atoms with van der Waals surface area (Å²) in [5.74, 6) is -1.19. The van der Waals surface area contributed by atoms with Crippen LogP contribution in [0.25, 0.3) is 0 Å². The summed E-state index contributed by atoms with van der Waals surface area (Å²) in [6.07, 6.45) is -0.0970. The van der Waals surface area contributed by atoms with E-state index in [2.05, 4.69) is 10.3 Å². The third-order valence-corrected chi connectivity index (χ3v) is 4.92. The van der Waals surface area contributed by atoms with Crippen LogP contribution >= 0.6 is 0 Å². The number of aromatic nitrogens is 1. The molecule has 1 aromatic rings. The van der Waals surface area contributed by atoms with Crippen molar-refractivity contribution < 1.29 is 38.4 Å². The van der Waals surface area contributed by atoms with Crippen LogP contribution < -0.4 is 10.1 Å². The monoisotopic (exact) mass is 468 g/mol. The lowest BCUT2D eigenvalue weighted by atomic mass is 10.1. The average Bonchev–Trinajstić information content (AvgIpc) is 2.81. The second kappa shape index (κ2) is 12.7. The van der Waals surface area contributed by atoms with Crippen molar-refractivity contribution in [1.82, 2.24) is 10.3 Å². The van der Waals surface area contributed by atoms with Gasteiger partial charge in [0.15, 0.2) is 23.2 Å². The first-order chi connectivity index (χ1) is 15.6. The van der Waals surface area contributed by atoms with E-state index in [-0.39, 0.29) is 30.6 Å². The number of rotatable bonds is 9. The number of nitrogens with zero attached hydrogens (tertiary/aromatic N) is 1. The van der Waals surface area contributed by atoms with Gasteiger partial charge in [-0.15, -0.1) is 0 Å². The summed E-state index contributed by atoms with van der Waals surface area (Å²) in [5.41, 5.74) is -0.272. The second-order valence-electron chi connectivity index (χ2n) is 8.86. The largest absolute Gasteiger partial charge is 0.503 e. The Morgan fingerprint density at radius 2 is 1.88 bits per heavy atom. The second-order valence-corrected chi connectivity index (χ2v) is 8.86. The van der Waals surface area contributed by atoms with Crippen LogP contribution in [0.2, 0.25) is 0 Å². The summed E-state index contributed by atoms with van der Waals surface area (Å²) >= 11 is 0. The molecule has 10 heteroatoms. The molecule has 0 spiro atoms. The molecule has 2 rings (SSSR count). The number of carbonyl (C=O) groups is 2. The Morgan fingerprint density at radius 1 is 1.21 bits per heavy atom. The molecular formula is C23H36N2O8. The predicted octanol–water partition coefficient (Wildman–Crippen LogP) is 1.94. The standard InChI is InChI=1S/C23H36N2O8/c1-13(2)9-31-18-12-33-23(28)16(11-30-15(5)21(18)32-10-14(3)4)25-22(27)19-20(26)17(29-6)7-8-24-19/h7-8,13-16,18,21,26H,9-12H2,1-6H3,(H,25,27)/t15-,16-,18-,21-/m0/s1. The summed E-state index contributed by atoms with van der Waals surface area (Å²) in [6, 6.07) is 0.307. The van der Waals surface area contributed by atoms with Crippen LogP contribution in [0.4, 0.5) is 0 Å². The van der Waals surface area contributed by atoms with Gasteiger partial charge in [-0.05, 0) is 18.8 Å². The van der Waals surface area contributed by atoms with Gasteiger partial charge in [-0.3, -0.25) is 4.79 Å². The van der Waals surface area contributed by atoms with Crippen molar-refractivity contribution in [2.75, 3.05) is 33.5 Å². The zero-order valence-corrected chi connectivity index (χ0v) is 20.2. The van der Waals surface area contributed by atoms with Crippen LogP contribution in [-0.4, -0.2) is 79.9 Å². The van der Waals surface area contributed by atoms with Crippen molar-refractivity contribution in [2.24, 2.45) is 11.8 Å². The van der Waals surface area contributed by atoms with Crippen LogP contribution in [0, 0.1) is 11.8 Å². The van der Waals surface area contributed by atoms with Gasteiger partial charge in [0.1, 0.15) is 18.8 Å². The van der Waals surface area contributed by atoms with Gasteiger partial charge < -0.3 is 34.1 Å². The highest BCUT2D eigenvalue weighted by molar-refractivity contribution is 5.97. The Morgan fingerprint density at radius 3 is 2.52 bits per heavy atom. The van der Waals surface area contributed by atoms with Crippen molar-refractivity contribution in [3.05, 3.63) is 18.0 Å². The zero-order chi connectivity index (χ0) is 24.5. The highest BCUT2D eigenvalue weighted by Crippen LogP contribution is 2.27. The molecule has 0 aliphatic carbocycles. The lowest BCUT2D eigenvalue weighted by Crippen LogP contribution is -2.46. The van der Waals surface area contributed by atoms with Crippen molar-refractivity contribution >= 4 is 11.9 Å². The van der Waals surface area contributed by atoms with Crippen LogP contribution in [0.3, 0.4) is 0 Å². The molecule has 10 nitrogen and oxygen atoms in total. The number of cyclic esters (lactones) is 1. The molecule has 0 aromatic carbocycles. The Hall–Kier alpha value is -2.43. The molecule has 0 bridgehead atoms. The minimum atomic E-state index is -1.11. The number of methoxy groups -OCH3 is 1. The number of hydrogen-bond donors (Lipinski definition) is 2. The number of ether oxygens (including phenoxy) is 5. The summed E-state index contributed by atoms with van der Waals surface area (Å²) in [4.78, 5) is 29.3. The molecule has 186 valence electrons.